The predicted molar refractivity (Wildman–Crippen MR) is 94.7 cm³/mol. The summed E-state index contributed by atoms with van der Waals surface area (Å²) in [6.07, 6.45) is 0. The second-order valence-corrected chi connectivity index (χ2v) is 5.40. The highest BCUT2D eigenvalue weighted by atomic mass is 16.3. The third-order valence-corrected chi connectivity index (χ3v) is 3.98. The van der Waals surface area contributed by atoms with Gasteiger partial charge in [-0.1, -0.05) is 24.3 Å². The molecule has 2 aromatic carbocycles. The first kappa shape index (κ1) is 16.3. The first-order valence-electron chi connectivity index (χ1n) is 7.73. The van der Waals surface area contributed by atoms with Gasteiger partial charge in [0.25, 0.3) is 11.5 Å². The zero-order chi connectivity index (χ0) is 18.0. The minimum Gasteiger partial charge on any atom is -0.506 e. The monoisotopic (exact) mass is 333 g/mol. The molecule has 3 aromatic rings. The van der Waals surface area contributed by atoms with Crippen LogP contribution < -0.4 is 10.9 Å². The predicted octanol–water partition coefficient (Wildman–Crippen LogP) is 2.85. The highest BCUT2D eigenvalue weighted by Crippen LogP contribution is 2.27. The topological polar surface area (TPSA) is 95.1 Å². The molecule has 2 N–H and O–H groups in total. The van der Waals surface area contributed by atoms with E-state index in [0.717, 1.165) is 0 Å². The van der Waals surface area contributed by atoms with E-state index in [1.807, 2.05) is 6.07 Å². The van der Waals surface area contributed by atoms with Gasteiger partial charge in [-0.15, -0.1) is 0 Å². The number of nitriles is 1. The van der Waals surface area contributed by atoms with Crippen molar-refractivity contribution in [3.8, 4) is 11.8 Å². The van der Waals surface area contributed by atoms with E-state index in [9.17, 15) is 14.7 Å². The van der Waals surface area contributed by atoms with Crippen LogP contribution in [-0.2, 0) is 6.54 Å². The van der Waals surface area contributed by atoms with Crippen LogP contribution in [0.1, 0.15) is 22.8 Å². The fraction of sp³-hybridized carbons (Fsp3) is 0.105. The first-order valence-corrected chi connectivity index (χ1v) is 7.73. The highest BCUT2D eigenvalue weighted by Gasteiger charge is 2.22. The van der Waals surface area contributed by atoms with Crippen molar-refractivity contribution in [1.82, 2.24) is 4.57 Å². The molecule has 0 atom stereocenters. The summed E-state index contributed by atoms with van der Waals surface area (Å²) in [5.41, 5.74) is 0.192. The van der Waals surface area contributed by atoms with Gasteiger partial charge in [-0.3, -0.25) is 9.59 Å². The lowest BCUT2D eigenvalue weighted by Crippen LogP contribution is -2.29. The van der Waals surface area contributed by atoms with Crippen molar-refractivity contribution >= 4 is 22.5 Å². The molecule has 0 radical (unpaired) electrons. The van der Waals surface area contributed by atoms with E-state index >= 15 is 0 Å². The zero-order valence-corrected chi connectivity index (χ0v) is 13.5. The molecular formula is C19H15N3O3. The van der Waals surface area contributed by atoms with Crippen molar-refractivity contribution in [1.29, 1.82) is 5.26 Å². The Hall–Kier alpha value is -3.59. The van der Waals surface area contributed by atoms with Gasteiger partial charge in [-0.25, -0.2) is 0 Å². The van der Waals surface area contributed by atoms with E-state index < -0.39 is 11.5 Å². The number of hydrogen-bond acceptors (Lipinski definition) is 4. The van der Waals surface area contributed by atoms with E-state index in [-0.39, 0.29) is 22.6 Å². The molecule has 0 aliphatic rings. The molecule has 0 saturated carbocycles. The second-order valence-electron chi connectivity index (χ2n) is 5.40. The van der Waals surface area contributed by atoms with E-state index in [2.05, 4.69) is 5.32 Å². The lowest BCUT2D eigenvalue weighted by molar-refractivity contribution is 0.102. The number of para-hydroxylation sites is 2. The fourth-order valence-corrected chi connectivity index (χ4v) is 2.78. The van der Waals surface area contributed by atoms with Gasteiger partial charge in [0.05, 0.1) is 16.8 Å². The molecule has 0 spiro atoms. The van der Waals surface area contributed by atoms with E-state index in [0.29, 0.717) is 17.4 Å². The van der Waals surface area contributed by atoms with Crippen molar-refractivity contribution < 1.29 is 9.90 Å². The summed E-state index contributed by atoms with van der Waals surface area (Å²) in [4.78, 5) is 25.3. The van der Waals surface area contributed by atoms with Crippen LogP contribution >= 0.6 is 0 Å². The van der Waals surface area contributed by atoms with Gasteiger partial charge in [0.2, 0.25) is 0 Å². The van der Waals surface area contributed by atoms with Gasteiger partial charge in [-0.05, 0) is 31.2 Å². The third kappa shape index (κ3) is 2.72. The number of hydrogen-bond donors (Lipinski definition) is 2. The van der Waals surface area contributed by atoms with Crippen LogP contribution in [0.2, 0.25) is 0 Å². The van der Waals surface area contributed by atoms with Crippen molar-refractivity contribution in [2.24, 2.45) is 0 Å². The fourth-order valence-electron chi connectivity index (χ4n) is 2.78. The number of aromatic hydroxyl groups is 1. The number of aryl methyl sites for hydroxylation is 1. The first-order chi connectivity index (χ1) is 12.1. The Morgan fingerprint density at radius 1 is 1.20 bits per heavy atom. The van der Waals surface area contributed by atoms with Gasteiger partial charge in [0, 0.05) is 11.9 Å². The van der Waals surface area contributed by atoms with E-state index in [1.165, 1.54) is 4.57 Å². The maximum absolute atomic E-state index is 12.7. The number of carbonyl (C=O) groups is 1. The summed E-state index contributed by atoms with van der Waals surface area (Å²) in [6, 6.07) is 15.3. The minimum absolute atomic E-state index is 0.270. The summed E-state index contributed by atoms with van der Waals surface area (Å²) in [5, 5.41) is 22.6. The molecule has 3 rings (SSSR count). The van der Waals surface area contributed by atoms with Crippen LogP contribution in [0, 0.1) is 11.3 Å². The SMILES string of the molecule is CCn1c(=O)c(C(=O)Nc2ccccc2C#N)c(O)c2ccccc21. The molecule has 1 aromatic heterocycles. The van der Waals surface area contributed by atoms with Gasteiger partial charge in [0.15, 0.2) is 0 Å². The van der Waals surface area contributed by atoms with Gasteiger partial charge in [-0.2, -0.15) is 5.26 Å². The normalized spacial score (nSPS) is 10.4. The quantitative estimate of drug-likeness (QED) is 0.770. The molecule has 6 nitrogen and oxygen atoms in total. The van der Waals surface area contributed by atoms with Crippen LogP contribution in [0.5, 0.6) is 5.75 Å². The van der Waals surface area contributed by atoms with Gasteiger partial charge >= 0.3 is 0 Å². The maximum Gasteiger partial charge on any atom is 0.267 e. The Kier molecular flexibility index (Phi) is 4.23. The number of aromatic nitrogens is 1. The maximum atomic E-state index is 12.7. The Morgan fingerprint density at radius 3 is 2.60 bits per heavy atom. The number of rotatable bonds is 3. The number of fused-ring (bicyclic) bond motifs is 1. The lowest BCUT2D eigenvalue weighted by atomic mass is 10.1. The van der Waals surface area contributed by atoms with Crippen LogP contribution in [0.25, 0.3) is 10.9 Å². The molecule has 0 saturated heterocycles. The molecule has 0 aliphatic heterocycles. The number of pyridine rings is 1. The zero-order valence-electron chi connectivity index (χ0n) is 13.5. The number of anilines is 1. The smallest absolute Gasteiger partial charge is 0.267 e. The number of nitrogens with zero attached hydrogens (tertiary/aromatic N) is 2. The molecular weight excluding hydrogens is 318 g/mol. The molecule has 0 fully saturated rings. The molecule has 0 aliphatic carbocycles. The molecule has 0 bridgehead atoms. The molecule has 0 unspecified atom stereocenters. The van der Waals surface area contributed by atoms with Crippen LogP contribution in [0.15, 0.2) is 53.3 Å². The molecule has 124 valence electrons. The molecule has 1 amide bonds. The van der Waals surface area contributed by atoms with Crippen LogP contribution in [0.4, 0.5) is 5.69 Å². The largest absolute Gasteiger partial charge is 0.506 e. The second kappa shape index (κ2) is 6.49. The molecule has 25 heavy (non-hydrogen) atoms. The number of carbonyl (C=O) groups excluding carboxylic acids is 1. The van der Waals surface area contributed by atoms with Crippen molar-refractivity contribution in [3.05, 3.63) is 70.0 Å². The molecule has 1 heterocycles. The summed E-state index contributed by atoms with van der Waals surface area (Å²) in [7, 11) is 0. The highest BCUT2D eigenvalue weighted by molar-refractivity contribution is 6.09. The van der Waals surface area contributed by atoms with Crippen molar-refractivity contribution in [2.45, 2.75) is 13.5 Å². The molecule has 6 heteroatoms. The summed E-state index contributed by atoms with van der Waals surface area (Å²) < 4.78 is 1.43. The average molecular weight is 333 g/mol. The van der Waals surface area contributed by atoms with E-state index in [1.54, 1.807) is 55.5 Å². The Morgan fingerprint density at radius 2 is 1.88 bits per heavy atom. The summed E-state index contributed by atoms with van der Waals surface area (Å²) in [6.45, 7) is 2.15. The Balaban J connectivity index is 2.17. The lowest BCUT2D eigenvalue weighted by Gasteiger charge is -2.14. The summed E-state index contributed by atoms with van der Waals surface area (Å²) in [5.74, 6) is -1.12. The van der Waals surface area contributed by atoms with Gasteiger partial charge in [0.1, 0.15) is 17.4 Å². The minimum atomic E-state index is -0.752. The number of amides is 1. The Bertz CT molecular complexity index is 1080. The van der Waals surface area contributed by atoms with Crippen LogP contribution in [0.3, 0.4) is 0 Å². The van der Waals surface area contributed by atoms with E-state index in [4.69, 9.17) is 5.26 Å². The average Bonchev–Trinajstić information content (AvgIpc) is 2.62. The van der Waals surface area contributed by atoms with Crippen LogP contribution in [-0.4, -0.2) is 15.6 Å². The number of nitrogens with one attached hydrogen (secondary N) is 1. The van der Waals surface area contributed by atoms with Crippen molar-refractivity contribution in [3.63, 3.8) is 0 Å². The Labute approximate surface area is 143 Å². The summed E-state index contributed by atoms with van der Waals surface area (Å²) >= 11 is 0. The van der Waals surface area contributed by atoms with Gasteiger partial charge < -0.3 is 15.0 Å². The standard InChI is InChI=1S/C19H15N3O3/c1-2-22-15-10-6-4-8-13(15)17(23)16(19(22)25)18(24)21-14-9-5-3-7-12(14)11-20/h3-10,23H,2H2,1H3,(H,21,24). The number of benzene rings is 2. The third-order valence-electron chi connectivity index (χ3n) is 3.98. The van der Waals surface area contributed by atoms with Crippen molar-refractivity contribution in [2.75, 3.05) is 5.32 Å².